The maximum absolute atomic E-state index is 13.3. The summed E-state index contributed by atoms with van der Waals surface area (Å²) in [6.07, 6.45) is 1.40. The lowest BCUT2D eigenvalue weighted by molar-refractivity contribution is -0.129. The van der Waals surface area contributed by atoms with Crippen LogP contribution >= 0.6 is 0 Å². The molecule has 2 aliphatic rings. The molecule has 5 heteroatoms. The number of fused-ring (bicyclic) bond motifs is 1. The molecule has 1 aliphatic heterocycles. The fraction of sp³-hybridized carbons (Fsp3) is 0.588. The minimum absolute atomic E-state index is 0.0647. The monoisotopic (exact) mass is 307 g/mol. The number of halogens is 1. The van der Waals surface area contributed by atoms with Crippen molar-refractivity contribution in [3.63, 3.8) is 0 Å². The van der Waals surface area contributed by atoms with Gasteiger partial charge in [-0.15, -0.1) is 0 Å². The maximum atomic E-state index is 13.3. The summed E-state index contributed by atoms with van der Waals surface area (Å²) >= 11 is 0. The van der Waals surface area contributed by atoms with Crippen LogP contribution in [0.3, 0.4) is 0 Å². The van der Waals surface area contributed by atoms with Crippen molar-refractivity contribution in [3.05, 3.63) is 35.1 Å². The minimum atomic E-state index is -0.307. The zero-order valence-corrected chi connectivity index (χ0v) is 13.0. The Bertz CT molecular complexity index is 563. The number of carbonyl (C=O) groups excluding carboxylic acids is 1. The molecule has 1 aromatic carbocycles. The summed E-state index contributed by atoms with van der Waals surface area (Å²) in [7, 11) is 1.66. The van der Waals surface area contributed by atoms with Crippen LogP contribution in [0, 0.1) is 24.6 Å². The molecular weight excluding hydrogens is 285 g/mol. The van der Waals surface area contributed by atoms with Gasteiger partial charge in [-0.05, 0) is 36.6 Å². The maximum Gasteiger partial charge on any atom is 0.224 e. The van der Waals surface area contributed by atoms with E-state index < -0.39 is 0 Å². The van der Waals surface area contributed by atoms with E-state index in [0.717, 1.165) is 24.2 Å². The molecule has 1 saturated carbocycles. The van der Waals surface area contributed by atoms with Gasteiger partial charge in [-0.3, -0.25) is 4.79 Å². The molecule has 22 heavy (non-hydrogen) atoms. The number of ether oxygens (including phenoxy) is 2. The van der Waals surface area contributed by atoms with Crippen LogP contribution in [0.1, 0.15) is 17.5 Å². The number of hydrogen-bond donors (Lipinski definition) is 1. The van der Waals surface area contributed by atoms with E-state index in [0.29, 0.717) is 12.5 Å². The van der Waals surface area contributed by atoms with Gasteiger partial charge in [0.1, 0.15) is 5.82 Å². The Kier molecular flexibility index (Phi) is 4.45. The van der Waals surface area contributed by atoms with E-state index in [2.05, 4.69) is 5.32 Å². The summed E-state index contributed by atoms with van der Waals surface area (Å²) in [5, 5.41) is 3.10. The summed E-state index contributed by atoms with van der Waals surface area (Å²) < 4.78 is 24.3. The summed E-state index contributed by atoms with van der Waals surface area (Å²) in [4.78, 5) is 12.3. The Labute approximate surface area is 130 Å². The summed E-state index contributed by atoms with van der Waals surface area (Å²) in [5.74, 6) is 0.233. The molecule has 1 heterocycles. The Morgan fingerprint density at radius 1 is 1.50 bits per heavy atom. The second-order valence-electron chi connectivity index (χ2n) is 6.25. The Morgan fingerprint density at radius 3 is 3.09 bits per heavy atom. The highest BCUT2D eigenvalue weighted by atomic mass is 19.1. The molecule has 0 radical (unpaired) electrons. The molecular formula is C17H22FNO3. The Hall–Kier alpha value is -1.46. The third-order valence-corrected chi connectivity index (χ3v) is 4.88. The number of nitrogens with one attached hydrogen (secondary N) is 1. The second-order valence-corrected chi connectivity index (χ2v) is 6.25. The second kappa shape index (κ2) is 6.34. The highest BCUT2D eigenvalue weighted by Gasteiger charge is 2.54. The van der Waals surface area contributed by atoms with E-state index >= 15 is 0 Å². The summed E-state index contributed by atoms with van der Waals surface area (Å²) in [5.41, 5.74) is 1.67. The first-order valence-corrected chi connectivity index (χ1v) is 7.75. The lowest BCUT2D eigenvalue weighted by atomic mass is 9.67. The van der Waals surface area contributed by atoms with Gasteiger partial charge < -0.3 is 14.8 Å². The van der Waals surface area contributed by atoms with Crippen molar-refractivity contribution in [2.45, 2.75) is 31.9 Å². The third-order valence-electron chi connectivity index (χ3n) is 4.88. The lowest BCUT2D eigenvalue weighted by Gasteiger charge is -2.47. The van der Waals surface area contributed by atoms with Crippen LogP contribution in [0.2, 0.25) is 0 Å². The first-order chi connectivity index (χ1) is 10.6. The third kappa shape index (κ3) is 2.88. The van der Waals surface area contributed by atoms with E-state index in [9.17, 15) is 9.18 Å². The molecule has 2 fully saturated rings. The van der Waals surface area contributed by atoms with Crippen molar-refractivity contribution in [2.75, 3.05) is 20.3 Å². The highest BCUT2D eigenvalue weighted by Crippen LogP contribution is 2.43. The van der Waals surface area contributed by atoms with Crippen LogP contribution < -0.4 is 5.32 Å². The van der Waals surface area contributed by atoms with Gasteiger partial charge in [-0.2, -0.15) is 0 Å². The van der Waals surface area contributed by atoms with Crippen LogP contribution in [-0.4, -0.2) is 38.4 Å². The summed E-state index contributed by atoms with van der Waals surface area (Å²) in [6.45, 7) is 3.23. The van der Waals surface area contributed by atoms with E-state index in [1.165, 1.54) is 12.1 Å². The van der Waals surface area contributed by atoms with Crippen molar-refractivity contribution in [2.24, 2.45) is 11.8 Å². The van der Waals surface area contributed by atoms with Crippen molar-refractivity contribution in [1.29, 1.82) is 0 Å². The number of amides is 1. The van der Waals surface area contributed by atoms with Crippen molar-refractivity contribution < 1.29 is 18.7 Å². The number of rotatable bonds is 5. The smallest absolute Gasteiger partial charge is 0.224 e. The van der Waals surface area contributed by atoms with Gasteiger partial charge in [0.25, 0.3) is 0 Å². The highest BCUT2D eigenvalue weighted by molar-refractivity contribution is 5.79. The van der Waals surface area contributed by atoms with Gasteiger partial charge in [-0.25, -0.2) is 4.39 Å². The molecule has 0 spiro atoms. The minimum Gasteiger partial charge on any atom is -0.384 e. The molecule has 0 unspecified atom stereocenters. The molecule has 4 atom stereocenters. The average Bonchev–Trinajstić information content (AvgIpc) is 2.91. The number of hydrogen-bond acceptors (Lipinski definition) is 3. The van der Waals surface area contributed by atoms with Crippen LogP contribution in [0.25, 0.3) is 0 Å². The van der Waals surface area contributed by atoms with Gasteiger partial charge in [0.05, 0.1) is 19.1 Å². The standard InChI is InChI=1S/C17H22FNO3/c1-10-3-4-12(18)7-11(10)8-15(20)19-16-13-5-6-22-17(13)14(16)9-21-2/h3-4,7,13-14,16-17H,5-6,8-9H2,1-2H3,(H,19,20)/t13-,14+,16-,17-/m0/s1. The van der Waals surface area contributed by atoms with Crippen molar-refractivity contribution in [3.8, 4) is 0 Å². The van der Waals surface area contributed by atoms with Crippen molar-refractivity contribution >= 4 is 5.91 Å². The summed E-state index contributed by atoms with van der Waals surface area (Å²) in [6, 6.07) is 4.66. The molecule has 1 aromatic rings. The first-order valence-electron chi connectivity index (χ1n) is 7.75. The van der Waals surface area contributed by atoms with Gasteiger partial charge in [0, 0.05) is 31.6 Å². The fourth-order valence-corrected chi connectivity index (χ4v) is 3.67. The molecule has 4 nitrogen and oxygen atoms in total. The Balaban J connectivity index is 1.62. The van der Waals surface area contributed by atoms with E-state index in [1.54, 1.807) is 13.2 Å². The molecule has 1 saturated heterocycles. The number of carbonyl (C=O) groups is 1. The van der Waals surface area contributed by atoms with Crippen LogP contribution in [0.5, 0.6) is 0 Å². The van der Waals surface area contributed by atoms with Gasteiger partial charge in [0.15, 0.2) is 0 Å². The van der Waals surface area contributed by atoms with Crippen LogP contribution in [0.4, 0.5) is 4.39 Å². The SMILES string of the molecule is COC[C@@H]1[C@@H](NC(=O)Cc2cc(F)ccc2C)[C@@H]2CCO[C@H]12. The molecule has 1 N–H and O–H groups in total. The van der Waals surface area contributed by atoms with Gasteiger partial charge in [0.2, 0.25) is 5.91 Å². The predicted molar refractivity (Wildman–Crippen MR) is 80.0 cm³/mol. The van der Waals surface area contributed by atoms with E-state index in [-0.39, 0.29) is 36.2 Å². The van der Waals surface area contributed by atoms with Crippen molar-refractivity contribution in [1.82, 2.24) is 5.32 Å². The normalized spacial score (nSPS) is 29.8. The topological polar surface area (TPSA) is 47.6 Å². The van der Waals surface area contributed by atoms with Crippen LogP contribution in [0.15, 0.2) is 18.2 Å². The quantitative estimate of drug-likeness (QED) is 0.903. The number of aryl methyl sites for hydroxylation is 1. The number of methoxy groups -OCH3 is 1. The molecule has 1 aliphatic carbocycles. The zero-order chi connectivity index (χ0) is 15.7. The average molecular weight is 307 g/mol. The van der Waals surface area contributed by atoms with E-state index in [4.69, 9.17) is 9.47 Å². The zero-order valence-electron chi connectivity index (χ0n) is 13.0. The largest absolute Gasteiger partial charge is 0.384 e. The lowest BCUT2D eigenvalue weighted by Crippen LogP contribution is -2.63. The molecule has 3 rings (SSSR count). The number of benzene rings is 1. The first kappa shape index (κ1) is 15.4. The van der Waals surface area contributed by atoms with Gasteiger partial charge >= 0.3 is 0 Å². The van der Waals surface area contributed by atoms with Gasteiger partial charge in [-0.1, -0.05) is 6.07 Å². The predicted octanol–water partition coefficient (Wildman–Crippen LogP) is 1.84. The molecule has 0 bridgehead atoms. The van der Waals surface area contributed by atoms with Crippen LogP contribution in [-0.2, 0) is 20.7 Å². The Morgan fingerprint density at radius 2 is 2.32 bits per heavy atom. The fourth-order valence-electron chi connectivity index (χ4n) is 3.67. The molecule has 120 valence electrons. The molecule has 1 amide bonds. The van der Waals surface area contributed by atoms with E-state index in [1.807, 2.05) is 6.92 Å². The molecule has 0 aromatic heterocycles.